The van der Waals surface area contributed by atoms with Crippen molar-refractivity contribution in [2.24, 2.45) is 0 Å². The monoisotopic (exact) mass is 204 g/mol. The van der Waals surface area contributed by atoms with Crippen molar-refractivity contribution in [1.29, 1.82) is 0 Å². The number of nitrogens with zero attached hydrogens (tertiary/aromatic N) is 1. The van der Waals surface area contributed by atoms with E-state index in [0.717, 1.165) is 12.8 Å². The number of carbonyl (C=O) groups is 1. The van der Waals surface area contributed by atoms with E-state index in [1.165, 1.54) is 6.42 Å². The maximum absolute atomic E-state index is 11.5. The summed E-state index contributed by atoms with van der Waals surface area (Å²) in [4.78, 5) is 15.3. The van der Waals surface area contributed by atoms with Gasteiger partial charge in [0.25, 0.3) is 5.91 Å². The van der Waals surface area contributed by atoms with Gasteiger partial charge in [-0.3, -0.25) is 9.78 Å². The summed E-state index contributed by atoms with van der Waals surface area (Å²) in [5.41, 5.74) is 0.630. The number of hydrogen-bond acceptors (Lipinski definition) is 2. The van der Waals surface area contributed by atoms with E-state index in [9.17, 15) is 4.79 Å². The van der Waals surface area contributed by atoms with Gasteiger partial charge in [0.05, 0.1) is 0 Å². The lowest BCUT2D eigenvalue weighted by Crippen LogP contribution is -2.16. The molecule has 0 aliphatic heterocycles. The summed E-state index contributed by atoms with van der Waals surface area (Å²) in [5.74, 6) is -0.0925. The van der Waals surface area contributed by atoms with Gasteiger partial charge < -0.3 is 5.32 Å². The SMILES string of the molecule is CCCCC=CNC(=O)c1ccncc1. The Morgan fingerprint density at radius 2 is 2.20 bits per heavy atom. The van der Waals surface area contributed by atoms with Crippen LogP contribution in [0, 0.1) is 0 Å². The molecule has 0 bridgehead atoms. The predicted molar refractivity (Wildman–Crippen MR) is 60.4 cm³/mol. The van der Waals surface area contributed by atoms with Crippen LogP contribution in [0.3, 0.4) is 0 Å². The number of carbonyl (C=O) groups excluding carboxylic acids is 1. The highest BCUT2D eigenvalue weighted by molar-refractivity contribution is 5.94. The van der Waals surface area contributed by atoms with Crippen LogP contribution in [0.5, 0.6) is 0 Å². The third kappa shape index (κ3) is 4.40. The second-order valence-corrected chi connectivity index (χ2v) is 3.25. The fraction of sp³-hybridized carbons (Fsp3) is 0.333. The average molecular weight is 204 g/mol. The maximum atomic E-state index is 11.5. The Morgan fingerprint density at radius 1 is 1.47 bits per heavy atom. The van der Waals surface area contributed by atoms with Crippen LogP contribution in [-0.4, -0.2) is 10.9 Å². The van der Waals surface area contributed by atoms with Crippen LogP contribution >= 0.6 is 0 Å². The van der Waals surface area contributed by atoms with Gasteiger partial charge in [0.2, 0.25) is 0 Å². The minimum Gasteiger partial charge on any atom is -0.329 e. The van der Waals surface area contributed by atoms with Gasteiger partial charge in [-0.1, -0.05) is 25.8 Å². The highest BCUT2D eigenvalue weighted by Gasteiger charge is 2.00. The van der Waals surface area contributed by atoms with Crippen LogP contribution in [0.4, 0.5) is 0 Å². The molecule has 0 spiro atoms. The van der Waals surface area contributed by atoms with Gasteiger partial charge in [-0.05, 0) is 18.6 Å². The van der Waals surface area contributed by atoms with Crippen LogP contribution < -0.4 is 5.32 Å². The van der Waals surface area contributed by atoms with E-state index in [0.29, 0.717) is 5.56 Å². The first-order chi connectivity index (χ1) is 7.34. The highest BCUT2D eigenvalue weighted by Crippen LogP contribution is 1.96. The van der Waals surface area contributed by atoms with Crippen molar-refractivity contribution >= 4 is 5.91 Å². The topological polar surface area (TPSA) is 42.0 Å². The van der Waals surface area contributed by atoms with Crippen LogP contribution in [0.2, 0.25) is 0 Å². The Kier molecular flexibility index (Phi) is 5.15. The molecule has 1 N–H and O–H groups in total. The number of aromatic nitrogens is 1. The third-order valence-electron chi connectivity index (χ3n) is 2.00. The molecule has 0 radical (unpaired) electrons. The first kappa shape index (κ1) is 11.4. The van der Waals surface area contributed by atoms with E-state index in [1.807, 2.05) is 6.08 Å². The van der Waals surface area contributed by atoms with E-state index < -0.39 is 0 Å². The fourth-order valence-corrected chi connectivity index (χ4v) is 1.13. The minimum absolute atomic E-state index is 0.0925. The van der Waals surface area contributed by atoms with Gasteiger partial charge in [-0.15, -0.1) is 0 Å². The number of hydrogen-bond donors (Lipinski definition) is 1. The molecule has 1 aromatic heterocycles. The van der Waals surface area contributed by atoms with E-state index in [2.05, 4.69) is 17.2 Å². The van der Waals surface area contributed by atoms with Gasteiger partial charge in [-0.2, -0.15) is 0 Å². The summed E-state index contributed by atoms with van der Waals surface area (Å²) in [6, 6.07) is 3.38. The molecular formula is C12H16N2O. The number of nitrogens with one attached hydrogen (secondary N) is 1. The van der Waals surface area contributed by atoms with Gasteiger partial charge in [0.1, 0.15) is 0 Å². The maximum Gasteiger partial charge on any atom is 0.255 e. The van der Waals surface area contributed by atoms with Crippen LogP contribution in [0.15, 0.2) is 36.8 Å². The Bertz CT molecular complexity index is 320. The number of pyridine rings is 1. The van der Waals surface area contributed by atoms with E-state index in [-0.39, 0.29) is 5.91 Å². The average Bonchev–Trinajstić information content (AvgIpc) is 2.30. The molecule has 1 heterocycles. The fourth-order valence-electron chi connectivity index (χ4n) is 1.13. The molecule has 0 aromatic carbocycles. The van der Waals surface area contributed by atoms with Crippen LogP contribution in [0.25, 0.3) is 0 Å². The molecule has 0 saturated heterocycles. The lowest BCUT2D eigenvalue weighted by molar-refractivity contribution is 0.0970. The van der Waals surface area contributed by atoms with Gasteiger partial charge in [0.15, 0.2) is 0 Å². The summed E-state index contributed by atoms with van der Waals surface area (Å²) >= 11 is 0. The molecule has 80 valence electrons. The highest BCUT2D eigenvalue weighted by atomic mass is 16.1. The number of unbranched alkanes of at least 4 members (excludes halogenated alkanes) is 2. The summed E-state index contributed by atoms with van der Waals surface area (Å²) in [7, 11) is 0. The van der Waals surface area contributed by atoms with Crippen molar-refractivity contribution in [3.05, 3.63) is 42.4 Å². The molecule has 1 rings (SSSR count). The lowest BCUT2D eigenvalue weighted by Gasteiger charge is -1.98. The lowest BCUT2D eigenvalue weighted by atomic mass is 10.2. The second kappa shape index (κ2) is 6.76. The molecular weight excluding hydrogens is 188 g/mol. The van der Waals surface area contributed by atoms with Gasteiger partial charge in [0, 0.05) is 24.2 Å². The van der Waals surface area contributed by atoms with Crippen molar-refractivity contribution in [2.45, 2.75) is 26.2 Å². The van der Waals surface area contributed by atoms with Crippen molar-refractivity contribution in [3.63, 3.8) is 0 Å². The third-order valence-corrected chi connectivity index (χ3v) is 2.00. The first-order valence-corrected chi connectivity index (χ1v) is 5.20. The summed E-state index contributed by atoms with van der Waals surface area (Å²) in [6.07, 6.45) is 10.2. The molecule has 1 aromatic rings. The van der Waals surface area contributed by atoms with E-state index >= 15 is 0 Å². The molecule has 0 aliphatic rings. The van der Waals surface area contributed by atoms with E-state index in [4.69, 9.17) is 0 Å². The Hall–Kier alpha value is -1.64. The van der Waals surface area contributed by atoms with Crippen molar-refractivity contribution in [3.8, 4) is 0 Å². The molecule has 15 heavy (non-hydrogen) atoms. The molecule has 3 nitrogen and oxygen atoms in total. The molecule has 3 heteroatoms. The molecule has 1 amide bonds. The molecule has 0 fully saturated rings. The standard InChI is InChI=1S/C12H16N2O/c1-2-3-4-5-8-14-12(15)11-6-9-13-10-7-11/h5-10H,2-4H2,1H3,(H,14,15). The first-order valence-electron chi connectivity index (χ1n) is 5.20. The zero-order valence-corrected chi connectivity index (χ0v) is 8.94. The smallest absolute Gasteiger partial charge is 0.255 e. The normalized spacial score (nSPS) is 10.5. The molecule has 0 saturated carbocycles. The van der Waals surface area contributed by atoms with Crippen molar-refractivity contribution in [2.75, 3.05) is 0 Å². The Labute approximate surface area is 90.2 Å². The Balaban J connectivity index is 2.34. The quantitative estimate of drug-likeness (QED) is 0.749. The predicted octanol–water partition coefficient (Wildman–Crippen LogP) is 2.52. The minimum atomic E-state index is -0.0925. The van der Waals surface area contributed by atoms with Crippen LogP contribution in [0.1, 0.15) is 36.5 Å². The van der Waals surface area contributed by atoms with Crippen LogP contribution in [-0.2, 0) is 0 Å². The van der Waals surface area contributed by atoms with Gasteiger partial charge in [-0.25, -0.2) is 0 Å². The summed E-state index contributed by atoms with van der Waals surface area (Å²) < 4.78 is 0. The largest absolute Gasteiger partial charge is 0.329 e. The zero-order chi connectivity index (χ0) is 10.9. The number of allylic oxidation sites excluding steroid dienone is 1. The Morgan fingerprint density at radius 3 is 2.87 bits per heavy atom. The van der Waals surface area contributed by atoms with Crippen molar-refractivity contribution in [1.82, 2.24) is 10.3 Å². The molecule has 0 aliphatic carbocycles. The zero-order valence-electron chi connectivity index (χ0n) is 8.94. The molecule has 0 atom stereocenters. The number of amides is 1. The van der Waals surface area contributed by atoms with Crippen molar-refractivity contribution < 1.29 is 4.79 Å². The number of rotatable bonds is 5. The second-order valence-electron chi connectivity index (χ2n) is 3.25. The van der Waals surface area contributed by atoms with E-state index in [1.54, 1.807) is 30.7 Å². The summed E-state index contributed by atoms with van der Waals surface area (Å²) in [6.45, 7) is 2.14. The molecule has 0 unspecified atom stereocenters. The summed E-state index contributed by atoms with van der Waals surface area (Å²) in [5, 5.41) is 2.71. The van der Waals surface area contributed by atoms with Gasteiger partial charge >= 0.3 is 0 Å².